The Kier molecular flexibility index (Phi) is 2.69. The van der Waals surface area contributed by atoms with Gasteiger partial charge in [-0.2, -0.15) is 0 Å². The Balaban J connectivity index is 2.33. The smallest absolute Gasteiger partial charge is 0.0618 e. The number of hydrogen-bond donors (Lipinski definition) is 0. The van der Waals surface area contributed by atoms with Crippen LogP contribution in [-0.4, -0.2) is 37.7 Å². The fourth-order valence-corrected chi connectivity index (χ4v) is 1.59. The second kappa shape index (κ2) is 3.35. The molecule has 0 spiro atoms. The molecule has 1 aliphatic heterocycles. The zero-order valence-electron chi connectivity index (χ0n) is 7.13. The lowest BCUT2D eigenvalue weighted by Gasteiger charge is -2.22. The minimum absolute atomic E-state index is 0.667. The van der Waals surface area contributed by atoms with Gasteiger partial charge in [0.2, 0.25) is 0 Å². The maximum absolute atomic E-state index is 5.10. The molecule has 1 aliphatic rings. The number of methoxy groups -OCH3 is 1. The molecule has 60 valence electrons. The molecule has 0 saturated carbocycles. The van der Waals surface area contributed by atoms with Gasteiger partial charge in [0.15, 0.2) is 0 Å². The van der Waals surface area contributed by atoms with Crippen molar-refractivity contribution < 1.29 is 4.74 Å². The maximum Gasteiger partial charge on any atom is 0.0618 e. The van der Waals surface area contributed by atoms with E-state index in [9.17, 15) is 0 Å². The lowest BCUT2D eigenvalue weighted by molar-refractivity contribution is 0.117. The maximum atomic E-state index is 5.10. The predicted octanol–water partition coefficient (Wildman–Crippen LogP) is 1.12. The molecule has 0 amide bonds. The number of likely N-dealkylation sites (tertiary alicyclic amines) is 1. The van der Waals surface area contributed by atoms with E-state index < -0.39 is 0 Å². The highest BCUT2D eigenvalue weighted by atomic mass is 16.5. The first-order valence-corrected chi connectivity index (χ1v) is 3.96. The summed E-state index contributed by atoms with van der Waals surface area (Å²) >= 11 is 0. The minimum Gasteiger partial charge on any atom is -0.383 e. The minimum atomic E-state index is 0.667. The molecule has 0 N–H and O–H groups in total. The largest absolute Gasteiger partial charge is 0.383 e. The van der Waals surface area contributed by atoms with Crippen molar-refractivity contribution in [3.63, 3.8) is 0 Å². The van der Waals surface area contributed by atoms with Gasteiger partial charge in [-0.15, -0.1) is 0 Å². The summed E-state index contributed by atoms with van der Waals surface area (Å²) in [6, 6.07) is 1.42. The lowest BCUT2D eigenvalue weighted by atomic mass is 10.2. The fourth-order valence-electron chi connectivity index (χ4n) is 1.59. The van der Waals surface area contributed by atoms with Crippen LogP contribution >= 0.6 is 0 Å². The van der Waals surface area contributed by atoms with Crippen LogP contribution in [0.5, 0.6) is 0 Å². The predicted molar refractivity (Wildman–Crippen MR) is 42.1 cm³/mol. The second-order valence-electron chi connectivity index (χ2n) is 3.20. The van der Waals surface area contributed by atoms with E-state index in [1.165, 1.54) is 12.8 Å². The van der Waals surface area contributed by atoms with Crippen LogP contribution < -0.4 is 0 Å². The van der Waals surface area contributed by atoms with Crippen LogP contribution in [0.2, 0.25) is 0 Å². The molecule has 1 fully saturated rings. The fraction of sp³-hybridized carbons (Fsp3) is 1.00. The van der Waals surface area contributed by atoms with E-state index in [1.54, 1.807) is 7.11 Å². The van der Waals surface area contributed by atoms with E-state index in [4.69, 9.17) is 4.74 Å². The highest BCUT2D eigenvalue weighted by Crippen LogP contribution is 2.21. The molecule has 0 radical (unpaired) electrons. The van der Waals surface area contributed by atoms with Gasteiger partial charge < -0.3 is 4.74 Å². The van der Waals surface area contributed by atoms with E-state index in [2.05, 4.69) is 18.9 Å². The van der Waals surface area contributed by atoms with Gasteiger partial charge in [0.1, 0.15) is 0 Å². The lowest BCUT2D eigenvalue weighted by Crippen LogP contribution is -2.33. The van der Waals surface area contributed by atoms with Gasteiger partial charge in [-0.25, -0.2) is 0 Å². The Morgan fingerprint density at radius 1 is 1.50 bits per heavy atom. The quantitative estimate of drug-likeness (QED) is 0.574. The molecule has 10 heavy (non-hydrogen) atoms. The Labute approximate surface area is 63.2 Å². The molecule has 2 atom stereocenters. The van der Waals surface area contributed by atoms with Gasteiger partial charge in [0.05, 0.1) is 6.61 Å². The van der Waals surface area contributed by atoms with Crippen molar-refractivity contribution in [1.82, 2.24) is 4.90 Å². The molecule has 1 unspecified atom stereocenters. The van der Waals surface area contributed by atoms with E-state index in [-0.39, 0.29) is 0 Å². The summed E-state index contributed by atoms with van der Waals surface area (Å²) in [7, 11) is 3.96. The van der Waals surface area contributed by atoms with Crippen molar-refractivity contribution in [2.75, 3.05) is 20.8 Å². The van der Waals surface area contributed by atoms with E-state index in [0.29, 0.717) is 6.04 Å². The Bertz CT molecular complexity index is 103. The first-order chi connectivity index (χ1) is 4.75. The van der Waals surface area contributed by atoms with Gasteiger partial charge in [0.25, 0.3) is 0 Å². The van der Waals surface area contributed by atoms with Gasteiger partial charge in [0, 0.05) is 19.2 Å². The van der Waals surface area contributed by atoms with E-state index in [1.807, 2.05) is 0 Å². The molecule has 0 aromatic rings. The van der Waals surface area contributed by atoms with Crippen LogP contribution in [0.4, 0.5) is 0 Å². The Hall–Kier alpha value is -0.0800. The van der Waals surface area contributed by atoms with Gasteiger partial charge >= 0.3 is 0 Å². The third-order valence-electron chi connectivity index (χ3n) is 2.55. The highest BCUT2D eigenvalue weighted by Gasteiger charge is 2.26. The van der Waals surface area contributed by atoms with Crippen LogP contribution in [-0.2, 0) is 4.74 Å². The van der Waals surface area contributed by atoms with Crippen molar-refractivity contribution in [2.24, 2.45) is 0 Å². The number of rotatable bonds is 2. The summed E-state index contributed by atoms with van der Waals surface area (Å²) < 4.78 is 5.10. The van der Waals surface area contributed by atoms with Crippen LogP contribution in [0.25, 0.3) is 0 Å². The molecular formula is C8H17NO. The number of nitrogens with zero attached hydrogens (tertiary/aromatic N) is 1. The Morgan fingerprint density at radius 3 is 2.60 bits per heavy atom. The summed E-state index contributed by atoms with van der Waals surface area (Å²) in [6.45, 7) is 3.16. The second-order valence-corrected chi connectivity index (χ2v) is 3.20. The third kappa shape index (κ3) is 1.50. The molecule has 0 bridgehead atoms. The average molecular weight is 143 g/mol. The van der Waals surface area contributed by atoms with Gasteiger partial charge in [-0.05, 0) is 26.8 Å². The van der Waals surface area contributed by atoms with Gasteiger partial charge in [-0.1, -0.05) is 0 Å². The first kappa shape index (κ1) is 8.02. The monoisotopic (exact) mass is 143 g/mol. The zero-order chi connectivity index (χ0) is 7.56. The molecule has 2 heteroatoms. The van der Waals surface area contributed by atoms with Crippen molar-refractivity contribution >= 4 is 0 Å². The SMILES string of the molecule is COCC1CC[C@@H](C)N1C. The van der Waals surface area contributed by atoms with Crippen molar-refractivity contribution in [3.05, 3.63) is 0 Å². The molecule has 1 saturated heterocycles. The standard InChI is InChI=1S/C8H17NO/c1-7-4-5-8(6-10-3)9(7)2/h7-8H,4-6H2,1-3H3/t7-,8?/m1/s1. The van der Waals surface area contributed by atoms with Crippen molar-refractivity contribution in [2.45, 2.75) is 31.8 Å². The number of ether oxygens (including phenoxy) is 1. The van der Waals surface area contributed by atoms with E-state index >= 15 is 0 Å². The summed E-state index contributed by atoms with van der Waals surface area (Å²) in [5, 5.41) is 0. The van der Waals surface area contributed by atoms with Crippen LogP contribution in [0, 0.1) is 0 Å². The van der Waals surface area contributed by atoms with Gasteiger partial charge in [-0.3, -0.25) is 4.90 Å². The van der Waals surface area contributed by atoms with Crippen LogP contribution in [0.15, 0.2) is 0 Å². The normalized spacial score (nSPS) is 35.1. The molecule has 0 aromatic heterocycles. The highest BCUT2D eigenvalue weighted by molar-refractivity contribution is 4.81. The van der Waals surface area contributed by atoms with Crippen LogP contribution in [0.3, 0.4) is 0 Å². The molecule has 1 heterocycles. The average Bonchev–Trinajstić information content (AvgIpc) is 2.20. The molecular weight excluding hydrogens is 126 g/mol. The van der Waals surface area contributed by atoms with E-state index in [0.717, 1.165) is 12.6 Å². The van der Waals surface area contributed by atoms with Crippen LogP contribution in [0.1, 0.15) is 19.8 Å². The third-order valence-corrected chi connectivity index (χ3v) is 2.55. The summed E-state index contributed by atoms with van der Waals surface area (Å²) in [5.74, 6) is 0. The first-order valence-electron chi connectivity index (χ1n) is 3.96. The molecule has 2 nitrogen and oxygen atoms in total. The molecule has 0 aliphatic carbocycles. The molecule has 1 rings (SSSR count). The number of likely N-dealkylation sites (N-methyl/N-ethyl adjacent to an activating group) is 1. The van der Waals surface area contributed by atoms with Crippen molar-refractivity contribution in [1.29, 1.82) is 0 Å². The summed E-state index contributed by atoms with van der Waals surface area (Å²) in [5.41, 5.74) is 0. The Morgan fingerprint density at radius 2 is 2.20 bits per heavy atom. The number of hydrogen-bond acceptors (Lipinski definition) is 2. The van der Waals surface area contributed by atoms with Crippen molar-refractivity contribution in [3.8, 4) is 0 Å². The molecule has 0 aromatic carbocycles. The zero-order valence-corrected chi connectivity index (χ0v) is 7.13. The summed E-state index contributed by atoms with van der Waals surface area (Å²) in [6.07, 6.45) is 2.62. The summed E-state index contributed by atoms with van der Waals surface area (Å²) in [4.78, 5) is 2.41. The topological polar surface area (TPSA) is 12.5 Å².